The van der Waals surface area contributed by atoms with Gasteiger partial charge in [-0.15, -0.1) is 0 Å². The van der Waals surface area contributed by atoms with Crippen LogP contribution in [-0.4, -0.2) is 11.7 Å². The predicted octanol–water partition coefficient (Wildman–Crippen LogP) is 2.81. The van der Waals surface area contributed by atoms with E-state index in [0.717, 1.165) is 24.2 Å². The van der Waals surface area contributed by atoms with Crippen LogP contribution in [0.15, 0.2) is 24.3 Å². The van der Waals surface area contributed by atoms with Crippen molar-refractivity contribution in [3.63, 3.8) is 0 Å². The Kier molecular flexibility index (Phi) is 5.38. The van der Waals surface area contributed by atoms with E-state index >= 15 is 0 Å². The average molecular weight is 219 g/mol. The number of nitrogens with zero attached hydrogens (tertiary/aromatic N) is 1. The largest absolute Gasteiger partial charge is 0.493 e. The van der Waals surface area contributed by atoms with Gasteiger partial charge in [-0.2, -0.15) is 5.26 Å². The Morgan fingerprint density at radius 1 is 1.38 bits per heavy atom. The number of aliphatic hydroxyl groups excluding tert-OH is 1. The van der Waals surface area contributed by atoms with E-state index in [9.17, 15) is 5.11 Å². The molecule has 0 aliphatic heterocycles. The van der Waals surface area contributed by atoms with E-state index in [1.54, 1.807) is 6.92 Å². The van der Waals surface area contributed by atoms with Gasteiger partial charge in [-0.05, 0) is 25.8 Å². The molecule has 0 spiro atoms. The van der Waals surface area contributed by atoms with Gasteiger partial charge in [-0.3, -0.25) is 0 Å². The smallest absolute Gasteiger partial charge is 0.125 e. The highest BCUT2D eigenvalue weighted by Gasteiger charge is 2.07. The van der Waals surface area contributed by atoms with Gasteiger partial charge < -0.3 is 9.84 Å². The van der Waals surface area contributed by atoms with E-state index in [4.69, 9.17) is 10.00 Å². The third kappa shape index (κ3) is 3.92. The molecule has 0 saturated heterocycles. The molecular formula is C13H17NO2. The van der Waals surface area contributed by atoms with E-state index < -0.39 is 6.10 Å². The summed E-state index contributed by atoms with van der Waals surface area (Å²) < 4.78 is 5.58. The molecule has 86 valence electrons. The average Bonchev–Trinajstić information content (AvgIpc) is 2.29. The van der Waals surface area contributed by atoms with Gasteiger partial charge in [-0.25, -0.2) is 0 Å². The molecule has 0 heterocycles. The van der Waals surface area contributed by atoms with Crippen LogP contribution in [-0.2, 0) is 0 Å². The lowest BCUT2D eigenvalue weighted by atomic mass is 10.1. The maximum Gasteiger partial charge on any atom is 0.125 e. The van der Waals surface area contributed by atoms with Gasteiger partial charge in [0.25, 0.3) is 0 Å². The molecule has 3 nitrogen and oxygen atoms in total. The Bertz CT molecular complexity index is 355. The lowest BCUT2D eigenvalue weighted by Gasteiger charge is -2.12. The Labute approximate surface area is 96.3 Å². The lowest BCUT2D eigenvalue weighted by Crippen LogP contribution is -2.02. The number of nitriles is 1. The second-order valence-electron chi connectivity index (χ2n) is 3.68. The Morgan fingerprint density at radius 3 is 2.81 bits per heavy atom. The zero-order valence-electron chi connectivity index (χ0n) is 9.52. The van der Waals surface area contributed by atoms with Gasteiger partial charge in [-0.1, -0.05) is 18.2 Å². The summed E-state index contributed by atoms with van der Waals surface area (Å²) in [7, 11) is 0. The molecule has 0 fully saturated rings. The van der Waals surface area contributed by atoms with Crippen molar-refractivity contribution >= 4 is 0 Å². The molecule has 1 aromatic rings. The molecule has 1 N–H and O–H groups in total. The predicted molar refractivity (Wildman–Crippen MR) is 62.0 cm³/mol. The number of rotatable bonds is 6. The normalized spacial score (nSPS) is 11.8. The van der Waals surface area contributed by atoms with Crippen LogP contribution in [0, 0.1) is 11.3 Å². The van der Waals surface area contributed by atoms with Crippen LogP contribution in [0.4, 0.5) is 0 Å². The molecule has 0 amide bonds. The van der Waals surface area contributed by atoms with Crippen molar-refractivity contribution in [3.8, 4) is 11.8 Å². The third-order valence-electron chi connectivity index (χ3n) is 2.31. The van der Waals surface area contributed by atoms with Crippen molar-refractivity contribution in [1.29, 1.82) is 5.26 Å². The number of hydrogen-bond donors (Lipinski definition) is 1. The summed E-state index contributed by atoms with van der Waals surface area (Å²) in [5, 5.41) is 17.9. The number of unbranched alkanes of at least 4 members (excludes halogenated alkanes) is 2. The van der Waals surface area contributed by atoms with Crippen LogP contribution in [0.1, 0.15) is 37.9 Å². The Morgan fingerprint density at radius 2 is 2.12 bits per heavy atom. The van der Waals surface area contributed by atoms with Crippen molar-refractivity contribution in [3.05, 3.63) is 29.8 Å². The van der Waals surface area contributed by atoms with Crippen molar-refractivity contribution < 1.29 is 9.84 Å². The van der Waals surface area contributed by atoms with Crippen LogP contribution >= 0.6 is 0 Å². The molecule has 0 radical (unpaired) electrons. The second-order valence-corrected chi connectivity index (χ2v) is 3.68. The maximum absolute atomic E-state index is 9.52. The van der Waals surface area contributed by atoms with Crippen LogP contribution in [0.3, 0.4) is 0 Å². The standard InChI is InChI=1S/C13H17NO2/c1-11(15)12-7-3-4-8-13(12)16-10-6-2-5-9-14/h3-4,7-8,11,15H,2,5-6,10H2,1H3. The summed E-state index contributed by atoms with van der Waals surface area (Å²) in [5.74, 6) is 0.731. The van der Waals surface area contributed by atoms with Crippen LogP contribution < -0.4 is 4.74 Å². The topological polar surface area (TPSA) is 53.2 Å². The molecular weight excluding hydrogens is 202 g/mol. The molecule has 16 heavy (non-hydrogen) atoms. The van der Waals surface area contributed by atoms with E-state index in [-0.39, 0.29) is 0 Å². The quantitative estimate of drug-likeness (QED) is 0.748. The molecule has 0 saturated carbocycles. The minimum Gasteiger partial charge on any atom is -0.493 e. The summed E-state index contributed by atoms with van der Waals surface area (Å²) >= 11 is 0. The first-order valence-corrected chi connectivity index (χ1v) is 5.52. The fraction of sp³-hybridized carbons (Fsp3) is 0.462. The van der Waals surface area contributed by atoms with E-state index in [1.165, 1.54) is 0 Å². The third-order valence-corrected chi connectivity index (χ3v) is 2.31. The van der Waals surface area contributed by atoms with Crippen LogP contribution in [0.5, 0.6) is 5.75 Å². The zero-order chi connectivity index (χ0) is 11.8. The molecule has 0 aliphatic rings. The Hall–Kier alpha value is -1.53. The van der Waals surface area contributed by atoms with Gasteiger partial charge in [0.15, 0.2) is 0 Å². The minimum atomic E-state index is -0.518. The first kappa shape index (κ1) is 12.5. The lowest BCUT2D eigenvalue weighted by molar-refractivity contribution is 0.191. The minimum absolute atomic E-state index is 0.518. The Balaban J connectivity index is 2.44. The number of para-hydroxylation sites is 1. The fourth-order valence-electron chi connectivity index (χ4n) is 1.45. The zero-order valence-corrected chi connectivity index (χ0v) is 9.52. The maximum atomic E-state index is 9.52. The van der Waals surface area contributed by atoms with Crippen LogP contribution in [0.25, 0.3) is 0 Å². The van der Waals surface area contributed by atoms with Crippen molar-refractivity contribution in [2.75, 3.05) is 6.61 Å². The van der Waals surface area contributed by atoms with Gasteiger partial charge >= 0.3 is 0 Å². The molecule has 1 aromatic carbocycles. The van der Waals surface area contributed by atoms with Crippen molar-refractivity contribution in [1.82, 2.24) is 0 Å². The summed E-state index contributed by atoms with van der Waals surface area (Å²) in [6, 6.07) is 9.58. The van der Waals surface area contributed by atoms with Gasteiger partial charge in [0, 0.05) is 12.0 Å². The highest BCUT2D eigenvalue weighted by molar-refractivity contribution is 5.34. The highest BCUT2D eigenvalue weighted by atomic mass is 16.5. The second kappa shape index (κ2) is 6.86. The molecule has 0 aromatic heterocycles. The van der Waals surface area contributed by atoms with Gasteiger partial charge in [0.1, 0.15) is 5.75 Å². The molecule has 1 rings (SSSR count). The van der Waals surface area contributed by atoms with Crippen LogP contribution in [0.2, 0.25) is 0 Å². The number of ether oxygens (including phenoxy) is 1. The summed E-state index contributed by atoms with van der Waals surface area (Å²) in [6.45, 7) is 2.31. The molecule has 1 atom stereocenters. The first-order valence-electron chi connectivity index (χ1n) is 5.52. The number of aliphatic hydroxyl groups is 1. The van der Waals surface area contributed by atoms with Crippen molar-refractivity contribution in [2.45, 2.75) is 32.3 Å². The van der Waals surface area contributed by atoms with E-state index in [0.29, 0.717) is 13.0 Å². The molecule has 3 heteroatoms. The molecule has 0 aliphatic carbocycles. The van der Waals surface area contributed by atoms with Crippen molar-refractivity contribution in [2.24, 2.45) is 0 Å². The number of benzene rings is 1. The number of hydrogen-bond acceptors (Lipinski definition) is 3. The van der Waals surface area contributed by atoms with E-state index in [2.05, 4.69) is 6.07 Å². The first-order chi connectivity index (χ1) is 7.75. The van der Waals surface area contributed by atoms with Gasteiger partial charge in [0.05, 0.1) is 18.8 Å². The van der Waals surface area contributed by atoms with E-state index in [1.807, 2.05) is 24.3 Å². The fourth-order valence-corrected chi connectivity index (χ4v) is 1.45. The molecule has 1 unspecified atom stereocenters. The van der Waals surface area contributed by atoms with Gasteiger partial charge in [0.2, 0.25) is 0 Å². The molecule has 0 bridgehead atoms. The highest BCUT2D eigenvalue weighted by Crippen LogP contribution is 2.24. The summed E-state index contributed by atoms with van der Waals surface area (Å²) in [6.07, 6.45) is 1.77. The SMILES string of the molecule is CC(O)c1ccccc1OCCCCC#N. The summed E-state index contributed by atoms with van der Waals surface area (Å²) in [5.41, 5.74) is 0.808. The monoisotopic (exact) mass is 219 g/mol. The summed E-state index contributed by atoms with van der Waals surface area (Å²) in [4.78, 5) is 0.